The molecular weight excluding hydrogens is 701 g/mol. The van der Waals surface area contributed by atoms with Gasteiger partial charge in [0.15, 0.2) is 11.4 Å². The molecule has 8 rings (SSSR count). The number of nitrogens with zero attached hydrogens (tertiary/aromatic N) is 5. The van der Waals surface area contributed by atoms with Crippen molar-refractivity contribution in [2.75, 3.05) is 21.6 Å². The molecule has 0 atom stereocenters. The Hall–Kier alpha value is -6.78. The van der Waals surface area contributed by atoms with Crippen LogP contribution in [0.25, 0.3) is 43.4 Å². The van der Waals surface area contributed by atoms with Gasteiger partial charge < -0.3 is 10.6 Å². The van der Waals surface area contributed by atoms with E-state index in [4.69, 9.17) is 0 Å². The number of sulfonamides is 1. The van der Waals surface area contributed by atoms with Gasteiger partial charge in [-0.1, -0.05) is 18.2 Å². The predicted molar refractivity (Wildman–Crippen MR) is 202 cm³/mol. The smallest absolute Gasteiger partial charge is 0.276 e. The van der Waals surface area contributed by atoms with Crippen molar-refractivity contribution in [1.29, 1.82) is 0 Å². The first-order valence-electron chi connectivity index (χ1n) is 15.6. The molecule has 5 aromatic heterocycles. The minimum atomic E-state index is -3.36. The molecule has 2 amide bonds. The van der Waals surface area contributed by atoms with Crippen LogP contribution in [0, 0.1) is 0 Å². The highest BCUT2D eigenvalue weighted by molar-refractivity contribution is 7.92. The SMILES string of the molecule is CS(=O)(=O)Nc1ccc(NC(=O)c2n[nH]c3ccc(-c4cccnc4)cc23)cc1.O=C(Nc1ccncc1)c1n[nH]c2ccc(-c3cncs3)cc12. The van der Waals surface area contributed by atoms with Crippen LogP contribution in [-0.4, -0.2) is 61.8 Å². The molecule has 5 N–H and O–H groups in total. The normalized spacial score (nSPS) is 11.1. The predicted octanol–water partition coefficient (Wildman–Crippen LogP) is 6.58. The number of nitrogens with one attached hydrogen (secondary N) is 5. The fourth-order valence-electron chi connectivity index (χ4n) is 5.25. The summed E-state index contributed by atoms with van der Waals surface area (Å²) < 4.78 is 24.9. The summed E-state index contributed by atoms with van der Waals surface area (Å²) in [4.78, 5) is 38.4. The topological polar surface area (TPSA) is 200 Å². The Morgan fingerprint density at radius 1 is 0.635 bits per heavy atom. The molecule has 0 aliphatic heterocycles. The fraction of sp³-hybridized carbons (Fsp3) is 0.0278. The van der Waals surface area contributed by atoms with Crippen LogP contribution < -0.4 is 15.4 Å². The van der Waals surface area contributed by atoms with Crippen LogP contribution in [0.3, 0.4) is 0 Å². The molecule has 0 fully saturated rings. The van der Waals surface area contributed by atoms with Crippen LogP contribution >= 0.6 is 11.3 Å². The van der Waals surface area contributed by atoms with Crippen LogP contribution in [0.5, 0.6) is 0 Å². The highest BCUT2D eigenvalue weighted by Gasteiger charge is 2.17. The number of carbonyl (C=O) groups is 2. The van der Waals surface area contributed by atoms with Crippen molar-refractivity contribution >= 4 is 72.0 Å². The van der Waals surface area contributed by atoms with Crippen molar-refractivity contribution in [2.24, 2.45) is 0 Å². The molecule has 0 spiro atoms. The largest absolute Gasteiger partial charge is 0.321 e. The lowest BCUT2D eigenvalue weighted by Crippen LogP contribution is -2.13. The maximum Gasteiger partial charge on any atom is 0.276 e. The standard InChI is InChI=1S/C20H17N5O3S.C16H11N5OS/c1-29(27,28)25-16-7-5-15(6-8-16)22-20(26)19-17-11-13(4-9-18(17)23-24-19)14-3-2-10-21-12-14;22-16(19-11-3-5-17-6-4-11)15-12-7-10(14-8-18-9-23-14)1-2-13(12)20-21-15/h2-12,25H,1H3,(H,22,26)(H,23,24);1-9H,(H,20,21)(H,17,19,22). The van der Waals surface area contributed by atoms with E-state index in [9.17, 15) is 18.0 Å². The summed E-state index contributed by atoms with van der Waals surface area (Å²) in [6.07, 6.45) is 9.59. The Morgan fingerprint density at radius 3 is 1.81 bits per heavy atom. The van der Waals surface area contributed by atoms with Gasteiger partial charge in [0.25, 0.3) is 11.8 Å². The number of pyridine rings is 2. The van der Waals surface area contributed by atoms with E-state index in [-0.39, 0.29) is 17.5 Å². The molecule has 5 heterocycles. The lowest BCUT2D eigenvalue weighted by molar-refractivity contribution is 0.101. The number of aromatic nitrogens is 7. The van der Waals surface area contributed by atoms with Crippen LogP contribution in [0.4, 0.5) is 17.1 Å². The first-order valence-corrected chi connectivity index (χ1v) is 18.3. The zero-order chi connectivity index (χ0) is 36.1. The third kappa shape index (κ3) is 7.83. The lowest BCUT2D eigenvalue weighted by atomic mass is 10.0. The number of hydrogen-bond acceptors (Lipinski definition) is 10. The average molecular weight is 729 g/mol. The van der Waals surface area contributed by atoms with E-state index in [0.29, 0.717) is 28.1 Å². The number of anilines is 3. The molecule has 16 heteroatoms. The van der Waals surface area contributed by atoms with E-state index in [1.54, 1.807) is 78.0 Å². The van der Waals surface area contributed by atoms with Crippen molar-refractivity contribution in [3.8, 4) is 21.6 Å². The van der Waals surface area contributed by atoms with Gasteiger partial charge in [-0.15, -0.1) is 11.3 Å². The number of carbonyl (C=O) groups excluding carboxylic acids is 2. The summed E-state index contributed by atoms with van der Waals surface area (Å²) in [5.74, 6) is -0.632. The summed E-state index contributed by atoms with van der Waals surface area (Å²) in [6, 6.07) is 25.2. The van der Waals surface area contributed by atoms with Gasteiger partial charge in [-0.3, -0.25) is 39.5 Å². The molecule has 0 unspecified atom stereocenters. The number of fused-ring (bicyclic) bond motifs is 2. The van der Waals surface area contributed by atoms with Crippen LogP contribution in [-0.2, 0) is 10.0 Å². The van der Waals surface area contributed by atoms with E-state index >= 15 is 0 Å². The fourth-order valence-corrected chi connectivity index (χ4v) is 6.43. The second-order valence-electron chi connectivity index (χ2n) is 11.4. The van der Waals surface area contributed by atoms with Gasteiger partial charge in [0, 0.05) is 64.4 Å². The quantitative estimate of drug-likeness (QED) is 0.115. The molecule has 0 saturated heterocycles. The van der Waals surface area contributed by atoms with Crippen LogP contribution in [0.1, 0.15) is 21.0 Å². The third-order valence-electron chi connectivity index (χ3n) is 7.65. The Bertz CT molecular complexity index is 2610. The van der Waals surface area contributed by atoms with Gasteiger partial charge >= 0.3 is 0 Å². The maximum absolute atomic E-state index is 12.7. The molecule has 0 bridgehead atoms. The molecule has 52 heavy (non-hydrogen) atoms. The van der Waals surface area contributed by atoms with Gasteiger partial charge in [0.05, 0.1) is 27.7 Å². The summed E-state index contributed by atoms with van der Waals surface area (Å²) >= 11 is 1.55. The number of rotatable bonds is 8. The Labute approximate surface area is 300 Å². The van der Waals surface area contributed by atoms with E-state index in [0.717, 1.165) is 44.2 Å². The van der Waals surface area contributed by atoms with Crippen molar-refractivity contribution in [3.05, 3.63) is 133 Å². The Balaban J connectivity index is 0.000000166. The Morgan fingerprint density at radius 2 is 1.23 bits per heavy atom. The lowest BCUT2D eigenvalue weighted by Gasteiger charge is -2.07. The van der Waals surface area contributed by atoms with Crippen molar-refractivity contribution < 1.29 is 18.0 Å². The van der Waals surface area contributed by atoms with E-state index in [1.165, 1.54) is 0 Å². The minimum absolute atomic E-state index is 0.260. The summed E-state index contributed by atoms with van der Waals surface area (Å²) in [5.41, 5.74) is 8.48. The molecule has 14 nitrogen and oxygen atoms in total. The van der Waals surface area contributed by atoms with Gasteiger partial charge in [0.2, 0.25) is 10.0 Å². The number of thiazole rings is 1. The van der Waals surface area contributed by atoms with Gasteiger partial charge in [-0.05, 0) is 77.9 Å². The number of amides is 2. The zero-order valence-corrected chi connectivity index (χ0v) is 28.9. The van der Waals surface area contributed by atoms with Crippen molar-refractivity contribution in [2.45, 2.75) is 0 Å². The van der Waals surface area contributed by atoms with Crippen LogP contribution in [0.2, 0.25) is 0 Å². The molecule has 0 aliphatic rings. The minimum Gasteiger partial charge on any atom is -0.321 e. The molecular formula is C36H28N10O4S2. The van der Waals surface area contributed by atoms with Gasteiger partial charge in [-0.2, -0.15) is 10.2 Å². The molecule has 0 saturated carbocycles. The van der Waals surface area contributed by atoms with Crippen molar-refractivity contribution in [3.63, 3.8) is 0 Å². The second kappa shape index (κ2) is 14.6. The average Bonchev–Trinajstić information content (AvgIpc) is 3.93. The number of aromatic amines is 2. The maximum atomic E-state index is 12.7. The zero-order valence-electron chi connectivity index (χ0n) is 27.2. The molecule has 8 aromatic rings. The van der Waals surface area contributed by atoms with Crippen LogP contribution in [0.15, 0.2) is 121 Å². The summed E-state index contributed by atoms with van der Waals surface area (Å²) in [7, 11) is -3.36. The van der Waals surface area contributed by atoms with E-state index in [2.05, 4.69) is 50.7 Å². The number of benzene rings is 3. The molecule has 258 valence electrons. The summed E-state index contributed by atoms with van der Waals surface area (Å²) in [6.45, 7) is 0. The molecule has 3 aromatic carbocycles. The summed E-state index contributed by atoms with van der Waals surface area (Å²) in [5, 5.41) is 21.1. The van der Waals surface area contributed by atoms with E-state index in [1.807, 2.05) is 54.7 Å². The first kappa shape index (κ1) is 33.7. The van der Waals surface area contributed by atoms with Gasteiger partial charge in [0.1, 0.15) is 0 Å². The highest BCUT2D eigenvalue weighted by atomic mass is 32.2. The highest BCUT2D eigenvalue weighted by Crippen LogP contribution is 2.28. The molecule has 0 aliphatic carbocycles. The first-order chi connectivity index (χ1) is 25.2. The van der Waals surface area contributed by atoms with E-state index < -0.39 is 10.0 Å². The second-order valence-corrected chi connectivity index (χ2v) is 14.0. The number of H-pyrrole nitrogens is 2. The monoisotopic (exact) mass is 728 g/mol. The van der Waals surface area contributed by atoms with Crippen molar-refractivity contribution in [1.82, 2.24) is 35.3 Å². The third-order valence-corrected chi connectivity index (χ3v) is 9.08. The van der Waals surface area contributed by atoms with Gasteiger partial charge in [-0.25, -0.2) is 8.42 Å². The molecule has 0 radical (unpaired) electrons. The Kier molecular flexibility index (Phi) is 9.46. The number of hydrogen-bond donors (Lipinski definition) is 5.